The van der Waals surface area contributed by atoms with Crippen molar-refractivity contribution in [1.82, 2.24) is 0 Å². The summed E-state index contributed by atoms with van der Waals surface area (Å²) in [6, 6.07) is 12.6. The van der Waals surface area contributed by atoms with Gasteiger partial charge in [-0.1, -0.05) is 18.2 Å². The van der Waals surface area contributed by atoms with Gasteiger partial charge in [0.05, 0.1) is 5.97 Å². The number of carboxylic acids is 1. The number of benzene rings is 1. The number of para-hydroxylation sites is 1. The van der Waals surface area contributed by atoms with E-state index in [1.165, 1.54) is 17.4 Å². The third-order valence-corrected chi connectivity index (χ3v) is 4.11. The van der Waals surface area contributed by atoms with Gasteiger partial charge in [0, 0.05) is 21.5 Å². The first-order valence-electron chi connectivity index (χ1n) is 6.83. The molecule has 2 heterocycles. The average molecular weight is 326 g/mol. The molecule has 1 aromatic carbocycles. The molecule has 0 saturated heterocycles. The normalized spacial score (nSPS) is 15.9. The lowest BCUT2D eigenvalue weighted by Crippen LogP contribution is -2.28. The number of allylic oxidation sites excluding steroid dienone is 1. The molecule has 0 unspecified atom stereocenters. The van der Waals surface area contributed by atoms with Gasteiger partial charge in [-0.2, -0.15) is 0 Å². The Labute approximate surface area is 136 Å². The van der Waals surface area contributed by atoms with Gasteiger partial charge in [-0.15, -0.1) is 11.3 Å². The molecule has 0 fully saturated rings. The summed E-state index contributed by atoms with van der Waals surface area (Å²) in [5, 5.41) is 14.1. The van der Waals surface area contributed by atoms with E-state index in [0.717, 1.165) is 9.75 Å². The van der Waals surface area contributed by atoms with Crippen LogP contribution in [0, 0.1) is 6.92 Å². The Morgan fingerprint density at radius 2 is 1.96 bits per heavy atom. The highest BCUT2D eigenvalue weighted by atomic mass is 32.1. The monoisotopic (exact) mass is 326 g/mol. The van der Waals surface area contributed by atoms with Gasteiger partial charge < -0.3 is 20.0 Å². The molecular formula is C17H12NO4S-. The van der Waals surface area contributed by atoms with E-state index in [2.05, 4.69) is 5.32 Å². The first kappa shape index (κ1) is 15.1. The largest absolute Gasteiger partial charge is 0.544 e. The SMILES string of the molecule is Cc1ccc(/C=C2\OC(Nc3ccccc3)=C(C(=O)[O-])C2=O)s1. The maximum atomic E-state index is 12.3. The number of nitrogens with one attached hydrogen (secondary N) is 1. The molecule has 6 heteroatoms. The minimum absolute atomic E-state index is 0.0375. The van der Waals surface area contributed by atoms with Crippen LogP contribution in [-0.4, -0.2) is 11.8 Å². The van der Waals surface area contributed by atoms with E-state index >= 15 is 0 Å². The first-order valence-corrected chi connectivity index (χ1v) is 7.64. The van der Waals surface area contributed by atoms with Gasteiger partial charge in [0.25, 0.3) is 0 Å². The number of ether oxygens (including phenoxy) is 1. The van der Waals surface area contributed by atoms with Crippen molar-refractivity contribution in [2.24, 2.45) is 0 Å². The molecule has 0 aliphatic carbocycles. The molecule has 0 radical (unpaired) electrons. The van der Waals surface area contributed by atoms with Crippen LogP contribution in [0.3, 0.4) is 0 Å². The fourth-order valence-corrected chi connectivity index (χ4v) is 2.92. The summed E-state index contributed by atoms with van der Waals surface area (Å²) >= 11 is 1.48. The predicted octanol–water partition coefficient (Wildman–Crippen LogP) is 2.07. The fraction of sp³-hybridized carbons (Fsp3) is 0.0588. The Hall–Kier alpha value is -2.86. The van der Waals surface area contributed by atoms with Crippen LogP contribution in [0.2, 0.25) is 0 Å². The van der Waals surface area contributed by atoms with Crippen molar-refractivity contribution in [3.05, 3.63) is 69.4 Å². The minimum Gasteiger partial charge on any atom is -0.544 e. The van der Waals surface area contributed by atoms with Crippen LogP contribution in [0.25, 0.3) is 6.08 Å². The summed E-state index contributed by atoms with van der Waals surface area (Å²) in [7, 11) is 0. The highest BCUT2D eigenvalue weighted by Gasteiger charge is 2.31. The molecule has 1 aliphatic heterocycles. The van der Waals surface area contributed by atoms with Gasteiger partial charge >= 0.3 is 0 Å². The number of aryl methyl sites for hydroxylation is 1. The zero-order valence-corrected chi connectivity index (χ0v) is 13.0. The molecule has 23 heavy (non-hydrogen) atoms. The van der Waals surface area contributed by atoms with Gasteiger partial charge in [-0.3, -0.25) is 4.79 Å². The lowest BCUT2D eigenvalue weighted by molar-refractivity contribution is -0.298. The van der Waals surface area contributed by atoms with E-state index in [4.69, 9.17) is 4.74 Å². The Bertz CT molecular complexity index is 833. The van der Waals surface area contributed by atoms with Crippen LogP contribution < -0.4 is 10.4 Å². The van der Waals surface area contributed by atoms with E-state index < -0.39 is 17.3 Å². The number of carbonyl (C=O) groups is 2. The third kappa shape index (κ3) is 3.17. The Kier molecular flexibility index (Phi) is 3.99. The number of anilines is 1. The Morgan fingerprint density at radius 3 is 2.57 bits per heavy atom. The molecule has 3 rings (SSSR count). The standard InChI is InChI=1S/C17H13NO4S/c1-10-7-8-12(23-10)9-13-15(19)14(17(20)21)16(22-13)18-11-5-3-2-4-6-11/h2-9,18H,1H3,(H,20,21)/p-1/b13-9-. The number of hydrogen-bond donors (Lipinski definition) is 1. The van der Waals surface area contributed by atoms with Gasteiger partial charge in [-0.05, 0) is 31.2 Å². The number of hydrogen-bond acceptors (Lipinski definition) is 6. The van der Waals surface area contributed by atoms with Crippen LogP contribution in [0.5, 0.6) is 0 Å². The molecule has 0 spiro atoms. The van der Waals surface area contributed by atoms with E-state index in [9.17, 15) is 14.7 Å². The van der Waals surface area contributed by atoms with Crippen LogP contribution in [-0.2, 0) is 14.3 Å². The summed E-state index contributed by atoms with van der Waals surface area (Å²) in [5.41, 5.74) is 0.107. The average Bonchev–Trinajstić information content (AvgIpc) is 3.05. The Morgan fingerprint density at radius 1 is 1.22 bits per heavy atom. The summed E-state index contributed by atoms with van der Waals surface area (Å²) in [6.07, 6.45) is 1.53. The topological polar surface area (TPSA) is 78.5 Å². The van der Waals surface area contributed by atoms with Gasteiger partial charge in [0.1, 0.15) is 5.57 Å². The molecule has 1 N–H and O–H groups in total. The van der Waals surface area contributed by atoms with Gasteiger partial charge in [-0.25, -0.2) is 0 Å². The van der Waals surface area contributed by atoms with Crippen molar-refractivity contribution >= 4 is 34.9 Å². The van der Waals surface area contributed by atoms with E-state index in [-0.39, 0.29) is 11.6 Å². The molecule has 5 nitrogen and oxygen atoms in total. The summed E-state index contributed by atoms with van der Waals surface area (Å²) in [4.78, 5) is 25.4. The van der Waals surface area contributed by atoms with Crippen LogP contribution in [0.4, 0.5) is 5.69 Å². The quantitative estimate of drug-likeness (QED) is 0.687. The van der Waals surface area contributed by atoms with Crippen molar-refractivity contribution in [1.29, 1.82) is 0 Å². The second kappa shape index (κ2) is 6.10. The summed E-state index contributed by atoms with van der Waals surface area (Å²) in [6.45, 7) is 1.94. The predicted molar refractivity (Wildman–Crippen MR) is 85.2 cm³/mol. The summed E-state index contributed by atoms with van der Waals surface area (Å²) < 4.78 is 5.43. The van der Waals surface area contributed by atoms with E-state index in [1.807, 2.05) is 25.1 Å². The van der Waals surface area contributed by atoms with Gasteiger partial charge in [0.15, 0.2) is 5.76 Å². The molecule has 116 valence electrons. The van der Waals surface area contributed by atoms with Crippen molar-refractivity contribution < 1.29 is 19.4 Å². The van der Waals surface area contributed by atoms with Crippen molar-refractivity contribution in [2.75, 3.05) is 5.32 Å². The van der Waals surface area contributed by atoms with E-state index in [0.29, 0.717) is 5.69 Å². The maximum absolute atomic E-state index is 12.3. The lowest BCUT2D eigenvalue weighted by Gasteiger charge is -2.08. The smallest absolute Gasteiger partial charge is 0.235 e. The molecule has 2 aromatic rings. The van der Waals surface area contributed by atoms with Crippen LogP contribution in [0.15, 0.2) is 59.7 Å². The molecule has 0 amide bonds. The number of aliphatic carboxylic acids is 1. The highest BCUT2D eigenvalue weighted by Crippen LogP contribution is 2.29. The number of rotatable bonds is 4. The molecular weight excluding hydrogens is 314 g/mol. The molecule has 1 aromatic heterocycles. The number of carbonyl (C=O) groups excluding carboxylic acids is 2. The molecule has 0 saturated carbocycles. The second-order valence-electron chi connectivity index (χ2n) is 4.87. The Balaban J connectivity index is 1.92. The van der Waals surface area contributed by atoms with Crippen LogP contribution in [0.1, 0.15) is 9.75 Å². The minimum atomic E-state index is -1.57. The number of carboxylic acid groups (broad SMARTS) is 1. The fourth-order valence-electron chi connectivity index (χ4n) is 2.11. The van der Waals surface area contributed by atoms with Crippen LogP contribution >= 0.6 is 11.3 Å². The molecule has 0 bridgehead atoms. The lowest BCUT2D eigenvalue weighted by atomic mass is 10.1. The molecule has 0 atom stereocenters. The first-order chi connectivity index (χ1) is 11.0. The third-order valence-electron chi connectivity index (χ3n) is 3.16. The van der Waals surface area contributed by atoms with Crippen molar-refractivity contribution in [3.63, 3.8) is 0 Å². The van der Waals surface area contributed by atoms with Crippen molar-refractivity contribution in [3.8, 4) is 0 Å². The number of thiophene rings is 1. The second-order valence-corrected chi connectivity index (χ2v) is 6.19. The number of Topliss-reactive ketones (excluding diaryl/α,β-unsaturated/α-hetero) is 1. The highest BCUT2D eigenvalue weighted by molar-refractivity contribution is 7.12. The maximum Gasteiger partial charge on any atom is 0.235 e. The van der Waals surface area contributed by atoms with Crippen molar-refractivity contribution in [2.45, 2.75) is 6.92 Å². The summed E-state index contributed by atoms with van der Waals surface area (Å²) in [5.74, 6) is -2.43. The molecule has 1 aliphatic rings. The van der Waals surface area contributed by atoms with E-state index in [1.54, 1.807) is 24.3 Å². The van der Waals surface area contributed by atoms with Gasteiger partial charge in [0.2, 0.25) is 11.7 Å². The zero-order chi connectivity index (χ0) is 16.4. The number of ketones is 1. The zero-order valence-electron chi connectivity index (χ0n) is 12.2.